The third-order valence-corrected chi connectivity index (χ3v) is 5.12. The maximum Gasteiger partial charge on any atom is 0.254 e. The second-order valence-corrected chi connectivity index (χ2v) is 6.83. The topological polar surface area (TPSA) is 32.8 Å². The summed E-state index contributed by atoms with van der Waals surface area (Å²) in [7, 11) is 0. The smallest absolute Gasteiger partial charge is 0.254 e. The largest absolute Gasteiger partial charge is 0.378 e. The summed E-state index contributed by atoms with van der Waals surface area (Å²) in [5.74, 6) is 0.113. The fraction of sp³-hybridized carbons (Fsp3) is 0.381. The van der Waals surface area contributed by atoms with Crippen molar-refractivity contribution in [2.75, 3.05) is 32.8 Å². The van der Waals surface area contributed by atoms with Crippen LogP contribution in [0.3, 0.4) is 0 Å². The van der Waals surface area contributed by atoms with Crippen LogP contribution in [0, 0.1) is 0 Å². The average Bonchev–Trinajstić information content (AvgIpc) is 2.69. The fourth-order valence-corrected chi connectivity index (χ4v) is 3.65. The van der Waals surface area contributed by atoms with Crippen molar-refractivity contribution in [3.8, 4) is 0 Å². The molecule has 130 valence electrons. The van der Waals surface area contributed by atoms with E-state index in [4.69, 9.17) is 4.74 Å². The molecule has 1 fully saturated rings. The van der Waals surface area contributed by atoms with Crippen LogP contribution in [0.25, 0.3) is 0 Å². The van der Waals surface area contributed by atoms with Crippen molar-refractivity contribution >= 4 is 5.91 Å². The number of amides is 1. The molecule has 2 aromatic rings. The number of carbonyl (C=O) groups excluding carboxylic acids is 1. The highest BCUT2D eigenvalue weighted by molar-refractivity contribution is 5.94. The van der Waals surface area contributed by atoms with Gasteiger partial charge in [-0.15, -0.1) is 0 Å². The van der Waals surface area contributed by atoms with Crippen LogP contribution in [0.1, 0.15) is 27.0 Å². The molecule has 2 aliphatic heterocycles. The van der Waals surface area contributed by atoms with Crippen molar-refractivity contribution in [1.82, 2.24) is 9.80 Å². The predicted molar refractivity (Wildman–Crippen MR) is 97.4 cm³/mol. The van der Waals surface area contributed by atoms with Gasteiger partial charge in [-0.3, -0.25) is 9.69 Å². The maximum absolute atomic E-state index is 12.5. The van der Waals surface area contributed by atoms with Crippen LogP contribution in [0.2, 0.25) is 0 Å². The average molecular weight is 336 g/mol. The number of ether oxygens (including phenoxy) is 1. The first-order valence-electron chi connectivity index (χ1n) is 9.05. The SMILES string of the molecule is O=C(c1ccc(CN2CCc3ccccc3C2)cc1)N1CCOCC1. The van der Waals surface area contributed by atoms with Crippen LogP contribution in [-0.4, -0.2) is 48.6 Å². The molecule has 0 N–H and O–H groups in total. The van der Waals surface area contributed by atoms with Crippen molar-refractivity contribution in [3.05, 3.63) is 70.8 Å². The lowest BCUT2D eigenvalue weighted by Crippen LogP contribution is -2.40. The van der Waals surface area contributed by atoms with Gasteiger partial charge in [0.25, 0.3) is 5.91 Å². The molecule has 25 heavy (non-hydrogen) atoms. The Morgan fingerprint density at radius 3 is 2.40 bits per heavy atom. The summed E-state index contributed by atoms with van der Waals surface area (Å²) in [6, 6.07) is 16.8. The molecular weight excluding hydrogens is 312 g/mol. The summed E-state index contributed by atoms with van der Waals surface area (Å²) in [6.07, 6.45) is 1.11. The van der Waals surface area contributed by atoms with Crippen LogP contribution in [0.4, 0.5) is 0 Å². The van der Waals surface area contributed by atoms with Crippen molar-refractivity contribution in [3.63, 3.8) is 0 Å². The number of fused-ring (bicyclic) bond motifs is 1. The summed E-state index contributed by atoms with van der Waals surface area (Å²) in [6.45, 7) is 5.68. The van der Waals surface area contributed by atoms with Crippen LogP contribution >= 0.6 is 0 Å². The Kier molecular flexibility index (Phi) is 4.81. The quantitative estimate of drug-likeness (QED) is 0.864. The van der Waals surface area contributed by atoms with Gasteiger partial charge in [0.15, 0.2) is 0 Å². The molecule has 0 aromatic heterocycles. The van der Waals surface area contributed by atoms with Crippen molar-refractivity contribution in [1.29, 1.82) is 0 Å². The number of morpholine rings is 1. The number of rotatable bonds is 3. The van der Waals surface area contributed by atoms with E-state index in [1.165, 1.54) is 16.7 Å². The van der Waals surface area contributed by atoms with E-state index in [1.54, 1.807) is 0 Å². The minimum atomic E-state index is 0.113. The number of nitrogens with zero attached hydrogens (tertiary/aromatic N) is 2. The van der Waals surface area contributed by atoms with Crippen LogP contribution in [0.5, 0.6) is 0 Å². The Morgan fingerprint density at radius 1 is 0.920 bits per heavy atom. The van der Waals surface area contributed by atoms with E-state index in [2.05, 4.69) is 41.3 Å². The summed E-state index contributed by atoms with van der Waals surface area (Å²) < 4.78 is 5.32. The van der Waals surface area contributed by atoms with Gasteiger partial charge in [-0.25, -0.2) is 0 Å². The Hall–Kier alpha value is -2.17. The van der Waals surface area contributed by atoms with Gasteiger partial charge in [0.1, 0.15) is 0 Å². The van der Waals surface area contributed by atoms with Gasteiger partial charge in [-0.2, -0.15) is 0 Å². The molecule has 0 atom stereocenters. The first kappa shape index (κ1) is 16.3. The predicted octanol–water partition coefficient (Wildman–Crippen LogP) is 2.72. The summed E-state index contributed by atoms with van der Waals surface area (Å²) >= 11 is 0. The van der Waals surface area contributed by atoms with E-state index in [0.717, 1.165) is 31.6 Å². The molecule has 2 aromatic carbocycles. The maximum atomic E-state index is 12.5. The van der Waals surface area contributed by atoms with Gasteiger partial charge in [0.05, 0.1) is 13.2 Å². The molecule has 2 heterocycles. The van der Waals surface area contributed by atoms with E-state index in [9.17, 15) is 4.79 Å². The highest BCUT2D eigenvalue weighted by atomic mass is 16.5. The lowest BCUT2D eigenvalue weighted by atomic mass is 9.99. The number of hydrogen-bond acceptors (Lipinski definition) is 3. The Labute approximate surface area is 149 Å². The third kappa shape index (κ3) is 3.75. The molecule has 0 radical (unpaired) electrons. The second-order valence-electron chi connectivity index (χ2n) is 6.83. The minimum absolute atomic E-state index is 0.113. The number of benzene rings is 2. The van der Waals surface area contributed by atoms with E-state index in [-0.39, 0.29) is 5.91 Å². The van der Waals surface area contributed by atoms with Crippen molar-refractivity contribution < 1.29 is 9.53 Å². The normalized spacial score (nSPS) is 18.0. The third-order valence-electron chi connectivity index (χ3n) is 5.12. The first-order chi connectivity index (χ1) is 12.3. The van der Waals surface area contributed by atoms with Gasteiger partial charge >= 0.3 is 0 Å². The lowest BCUT2D eigenvalue weighted by molar-refractivity contribution is 0.0303. The molecule has 0 bridgehead atoms. The second kappa shape index (κ2) is 7.38. The molecule has 0 saturated carbocycles. The molecule has 1 saturated heterocycles. The zero-order valence-corrected chi connectivity index (χ0v) is 14.5. The molecule has 4 rings (SSSR count). The van der Waals surface area contributed by atoms with Crippen LogP contribution < -0.4 is 0 Å². The Balaban J connectivity index is 1.38. The van der Waals surface area contributed by atoms with Crippen molar-refractivity contribution in [2.24, 2.45) is 0 Å². The van der Waals surface area contributed by atoms with E-state index < -0.39 is 0 Å². The van der Waals surface area contributed by atoms with E-state index in [1.807, 2.05) is 17.0 Å². The zero-order valence-electron chi connectivity index (χ0n) is 14.5. The van der Waals surface area contributed by atoms with Crippen LogP contribution in [0.15, 0.2) is 48.5 Å². The molecule has 0 aliphatic carbocycles. The van der Waals surface area contributed by atoms with Gasteiger partial charge in [-0.1, -0.05) is 36.4 Å². The lowest BCUT2D eigenvalue weighted by Gasteiger charge is -2.29. The highest BCUT2D eigenvalue weighted by Gasteiger charge is 2.19. The van der Waals surface area contributed by atoms with Gasteiger partial charge in [0.2, 0.25) is 0 Å². The Morgan fingerprint density at radius 2 is 1.64 bits per heavy atom. The number of carbonyl (C=O) groups is 1. The molecule has 2 aliphatic rings. The van der Waals surface area contributed by atoms with Crippen molar-refractivity contribution in [2.45, 2.75) is 19.5 Å². The van der Waals surface area contributed by atoms with Gasteiger partial charge in [-0.05, 0) is 35.2 Å². The molecule has 4 heteroatoms. The number of hydrogen-bond donors (Lipinski definition) is 0. The van der Waals surface area contributed by atoms with Crippen LogP contribution in [-0.2, 0) is 24.2 Å². The molecule has 0 unspecified atom stereocenters. The molecule has 1 amide bonds. The molecule has 0 spiro atoms. The fourth-order valence-electron chi connectivity index (χ4n) is 3.65. The summed E-state index contributed by atoms with van der Waals surface area (Å²) in [5, 5.41) is 0. The monoisotopic (exact) mass is 336 g/mol. The van der Waals surface area contributed by atoms with E-state index >= 15 is 0 Å². The molecular formula is C21H24N2O2. The zero-order chi connectivity index (χ0) is 17.1. The van der Waals surface area contributed by atoms with Gasteiger partial charge in [0, 0.05) is 38.3 Å². The molecule has 4 nitrogen and oxygen atoms in total. The first-order valence-corrected chi connectivity index (χ1v) is 9.05. The van der Waals surface area contributed by atoms with Gasteiger partial charge < -0.3 is 9.64 Å². The summed E-state index contributed by atoms with van der Waals surface area (Å²) in [5.41, 5.74) is 4.95. The standard InChI is InChI=1S/C21H24N2O2/c24-21(23-11-13-25-14-12-23)19-7-5-17(6-8-19)15-22-10-9-18-3-1-2-4-20(18)16-22/h1-8H,9-16H2. The van der Waals surface area contributed by atoms with E-state index in [0.29, 0.717) is 26.3 Å². The summed E-state index contributed by atoms with van der Waals surface area (Å²) in [4.78, 5) is 16.8. The Bertz CT molecular complexity index is 736. The minimum Gasteiger partial charge on any atom is -0.378 e. The highest BCUT2D eigenvalue weighted by Crippen LogP contribution is 2.20.